The predicted octanol–water partition coefficient (Wildman–Crippen LogP) is 23.3. The van der Waals surface area contributed by atoms with Crippen molar-refractivity contribution in [1.82, 2.24) is 0 Å². The Kier molecular flexibility index (Phi) is 12.0. The number of hydrogen-bond acceptors (Lipinski definition) is 3. The Morgan fingerprint density at radius 3 is 0.980 bits per heavy atom. The van der Waals surface area contributed by atoms with Gasteiger partial charge in [0.05, 0.1) is 11.4 Å². The predicted molar refractivity (Wildman–Crippen MR) is 421 cm³/mol. The lowest BCUT2D eigenvalue weighted by Crippen LogP contribution is -2.62. The zero-order chi connectivity index (χ0) is 64.6. The van der Waals surface area contributed by atoms with E-state index in [4.69, 9.17) is 0 Å². The highest BCUT2D eigenvalue weighted by Gasteiger charge is 2.50. The highest BCUT2D eigenvalue weighted by molar-refractivity contribution is 7.00. The van der Waals surface area contributed by atoms with E-state index in [0.717, 1.165) is 11.8 Å². The molecule has 0 atom stereocenters. The van der Waals surface area contributed by atoms with Crippen LogP contribution in [0.5, 0.6) is 0 Å². The van der Waals surface area contributed by atoms with E-state index in [-0.39, 0.29) is 6.71 Å². The number of hydrogen-bond donors (Lipinski definition) is 0. The number of rotatable bonds is 9. The average Bonchev–Trinajstić information content (AvgIpc) is 0.688. The van der Waals surface area contributed by atoms with Crippen molar-refractivity contribution >= 4 is 128 Å². The van der Waals surface area contributed by atoms with Gasteiger partial charge in [-0.2, -0.15) is 0 Å². The Balaban J connectivity index is 0.900. The molecule has 4 aliphatic heterocycles. The van der Waals surface area contributed by atoms with Crippen molar-refractivity contribution in [2.45, 2.75) is 44.2 Å². The van der Waals surface area contributed by atoms with E-state index < -0.39 is 0 Å². The smallest absolute Gasteiger partial charge is 0.252 e. The molecule has 464 valence electrons. The molecule has 0 unspecified atom stereocenters. The van der Waals surface area contributed by atoms with Gasteiger partial charge in [-0.1, -0.05) is 291 Å². The third-order valence-corrected chi connectivity index (χ3v) is 23.8. The summed E-state index contributed by atoms with van der Waals surface area (Å²) in [5.74, 6) is 1.58. The maximum Gasteiger partial charge on any atom is 0.252 e. The van der Waals surface area contributed by atoms with Crippen LogP contribution >= 0.6 is 0 Å². The standard InChI is InChI=1S/C95H66BN3/c1-5-17-60(18-6-1)77-29-15-30-78(61-19-7-2-8-20-61)94(77)98-85-47-41-70(75-43-37-68-35-33-64-25-13-27-66-39-45-81(75)91(68)89(64)66)54-83(85)96-84-55-71(76-44-38-69-36-34-65-26-14-28-67-40-46-82(76)92(69)90(65)67)42-48-86(84)99(95-79(62-21-9-3-10-22-62)31-16-32-80(95)63-23-11-4-12-24-63)88-57-74(56-87(98)93(88)96)97-72-50-58-49-59(52-72)53-73(97)51-58/h1-48,54-59,72-73H,49-53H2. The van der Waals surface area contributed by atoms with Gasteiger partial charge in [0.25, 0.3) is 6.71 Å². The minimum atomic E-state index is -0.220. The first-order chi connectivity index (χ1) is 49.1. The van der Waals surface area contributed by atoms with Gasteiger partial charge in [0.15, 0.2) is 0 Å². The Hall–Kier alpha value is -11.7. The molecule has 4 fully saturated rings. The van der Waals surface area contributed by atoms with Crippen LogP contribution in [0.4, 0.5) is 39.8 Å². The second-order valence-corrected chi connectivity index (χ2v) is 29.0. The van der Waals surface area contributed by atoms with Crippen molar-refractivity contribution in [2.75, 3.05) is 14.7 Å². The normalized spacial score (nSPS) is 17.4. The minimum Gasteiger partial charge on any atom is -0.365 e. The number of fused-ring (bicyclic) bond motifs is 4. The zero-order valence-electron chi connectivity index (χ0n) is 54.8. The van der Waals surface area contributed by atoms with Crippen LogP contribution in [-0.4, -0.2) is 18.8 Å². The topological polar surface area (TPSA) is 9.72 Å². The molecule has 23 rings (SSSR count). The molecule has 4 heteroatoms. The van der Waals surface area contributed by atoms with Crippen molar-refractivity contribution in [3.05, 3.63) is 315 Å². The number of benzene rings is 17. The molecule has 2 saturated heterocycles. The third-order valence-electron chi connectivity index (χ3n) is 23.8. The molecule has 6 aliphatic rings. The van der Waals surface area contributed by atoms with E-state index in [1.165, 1.54) is 220 Å². The van der Waals surface area contributed by atoms with Gasteiger partial charge in [-0.15, -0.1) is 0 Å². The maximum absolute atomic E-state index is 2.95. The van der Waals surface area contributed by atoms with Gasteiger partial charge in [-0.3, -0.25) is 0 Å². The highest BCUT2D eigenvalue weighted by atomic mass is 15.2. The Morgan fingerprint density at radius 1 is 0.253 bits per heavy atom. The van der Waals surface area contributed by atoms with Crippen LogP contribution < -0.4 is 31.1 Å². The molecule has 99 heavy (non-hydrogen) atoms. The Labute approximate surface area is 576 Å². The summed E-state index contributed by atoms with van der Waals surface area (Å²) in [4.78, 5) is 8.48. The van der Waals surface area contributed by atoms with Crippen LogP contribution in [0, 0.1) is 11.8 Å². The monoisotopic (exact) mass is 1260 g/mol. The van der Waals surface area contributed by atoms with Gasteiger partial charge >= 0.3 is 0 Å². The summed E-state index contributed by atoms with van der Waals surface area (Å²) in [5.41, 5.74) is 26.8. The Morgan fingerprint density at radius 2 is 0.596 bits per heavy atom. The molecule has 0 spiro atoms. The Bertz CT molecular complexity index is 5620. The van der Waals surface area contributed by atoms with E-state index >= 15 is 0 Å². The van der Waals surface area contributed by atoms with Crippen molar-refractivity contribution in [2.24, 2.45) is 11.8 Å². The summed E-state index contributed by atoms with van der Waals surface area (Å²) in [7, 11) is 0. The second-order valence-electron chi connectivity index (χ2n) is 29.0. The largest absolute Gasteiger partial charge is 0.365 e. The lowest BCUT2D eigenvalue weighted by atomic mass is 9.33. The molecule has 4 heterocycles. The van der Waals surface area contributed by atoms with E-state index in [1.54, 1.807) is 0 Å². The molecule has 17 aromatic rings. The van der Waals surface area contributed by atoms with Gasteiger partial charge in [0, 0.05) is 62.8 Å². The fourth-order valence-electron chi connectivity index (χ4n) is 19.9. The van der Waals surface area contributed by atoms with Crippen LogP contribution in [0.15, 0.2) is 315 Å². The quantitative estimate of drug-likeness (QED) is 0.105. The minimum absolute atomic E-state index is 0.220. The molecule has 0 radical (unpaired) electrons. The van der Waals surface area contributed by atoms with Gasteiger partial charge in [-0.25, -0.2) is 0 Å². The van der Waals surface area contributed by atoms with Gasteiger partial charge in [0.2, 0.25) is 0 Å². The van der Waals surface area contributed by atoms with Crippen molar-refractivity contribution in [1.29, 1.82) is 0 Å². The van der Waals surface area contributed by atoms with Gasteiger partial charge in [-0.05, 0) is 194 Å². The maximum atomic E-state index is 2.95. The summed E-state index contributed by atoms with van der Waals surface area (Å²) in [6, 6.07) is 122. The molecule has 2 saturated carbocycles. The molecular weight excluding hydrogens is 1190 g/mol. The lowest BCUT2D eigenvalue weighted by molar-refractivity contribution is 0.0900. The number of nitrogens with zero attached hydrogens (tertiary/aromatic N) is 3. The van der Waals surface area contributed by atoms with Crippen LogP contribution in [-0.2, 0) is 0 Å². The fraction of sp³-hybridized carbons (Fsp3) is 0.0947. The molecule has 17 aromatic carbocycles. The second kappa shape index (κ2) is 21.4. The summed E-state index contributed by atoms with van der Waals surface area (Å²) in [5, 5.41) is 15.5. The van der Waals surface area contributed by atoms with Crippen molar-refractivity contribution in [3.8, 4) is 66.8 Å². The summed E-state index contributed by atoms with van der Waals surface area (Å²) in [6.07, 6.45) is 6.40. The molecule has 2 aliphatic carbocycles. The van der Waals surface area contributed by atoms with Crippen molar-refractivity contribution < 1.29 is 0 Å². The third kappa shape index (κ3) is 8.27. The average molecular weight is 1260 g/mol. The first-order valence-electron chi connectivity index (χ1n) is 35.7. The summed E-state index contributed by atoms with van der Waals surface area (Å²) >= 11 is 0. The lowest BCUT2D eigenvalue weighted by Gasteiger charge is -2.58. The first kappa shape index (κ1) is 55.4. The van der Waals surface area contributed by atoms with Crippen molar-refractivity contribution in [3.63, 3.8) is 0 Å². The zero-order valence-corrected chi connectivity index (χ0v) is 54.8. The van der Waals surface area contributed by atoms with E-state index in [9.17, 15) is 0 Å². The number of para-hydroxylation sites is 2. The van der Waals surface area contributed by atoms with E-state index in [2.05, 4.69) is 330 Å². The molecule has 0 amide bonds. The van der Waals surface area contributed by atoms with Crippen LogP contribution in [0.25, 0.3) is 131 Å². The first-order valence-corrected chi connectivity index (χ1v) is 35.7. The highest BCUT2D eigenvalue weighted by Crippen LogP contribution is 2.57. The number of anilines is 7. The SMILES string of the molecule is c1ccc(-c2cccc(-c3ccccc3)c2N2c3ccc(-c4ccc5ccc6cccc7ccc4c5c67)cc3B3c4cc(-c5ccc6ccc7cccc8ccc5c6c78)ccc4N(c4c(-c5ccccc5)cccc4-c4ccccc4)c4cc(N5C6CC7CC(C6)CC5C7)cc2c43)cc1. The van der Waals surface area contributed by atoms with Crippen LogP contribution in [0.2, 0.25) is 0 Å². The molecule has 3 nitrogen and oxygen atoms in total. The van der Waals surface area contributed by atoms with Gasteiger partial charge < -0.3 is 14.7 Å². The van der Waals surface area contributed by atoms with E-state index in [0.29, 0.717) is 12.1 Å². The van der Waals surface area contributed by atoms with Crippen LogP contribution in [0.3, 0.4) is 0 Å². The molecule has 0 N–H and O–H groups in total. The van der Waals surface area contributed by atoms with E-state index in [1.807, 2.05) is 0 Å². The number of piperidine rings is 2. The van der Waals surface area contributed by atoms with Gasteiger partial charge in [0.1, 0.15) is 0 Å². The summed E-state index contributed by atoms with van der Waals surface area (Å²) < 4.78 is 0. The summed E-state index contributed by atoms with van der Waals surface area (Å²) in [6.45, 7) is -0.220. The molecule has 0 aromatic heterocycles. The molecular formula is C95H66BN3. The fourth-order valence-corrected chi connectivity index (χ4v) is 19.9. The van der Waals surface area contributed by atoms with Crippen LogP contribution in [0.1, 0.15) is 32.1 Å². The molecule has 4 bridgehead atoms.